The molecule has 1 saturated heterocycles. The maximum Gasteiger partial charge on any atom is 0.136 e. The van der Waals surface area contributed by atoms with E-state index >= 15 is 0 Å². The fourth-order valence-electron chi connectivity index (χ4n) is 3.40. The summed E-state index contributed by atoms with van der Waals surface area (Å²) >= 11 is 0. The van der Waals surface area contributed by atoms with Gasteiger partial charge in [-0.3, -0.25) is 0 Å². The molecule has 2 aromatic heterocycles. The third kappa shape index (κ3) is 4.48. The van der Waals surface area contributed by atoms with Gasteiger partial charge in [-0.15, -0.1) is 0 Å². The Kier molecular flexibility index (Phi) is 5.40. The smallest absolute Gasteiger partial charge is 0.136 e. The molecule has 7 nitrogen and oxygen atoms in total. The van der Waals surface area contributed by atoms with Crippen LogP contribution in [-0.4, -0.2) is 61.5 Å². The molecule has 0 amide bonds. The van der Waals surface area contributed by atoms with Crippen molar-refractivity contribution in [3.63, 3.8) is 0 Å². The van der Waals surface area contributed by atoms with Crippen LogP contribution < -0.4 is 20.4 Å². The summed E-state index contributed by atoms with van der Waals surface area (Å²) in [6.07, 6.45) is 4.53. The minimum Gasteiger partial charge on any atom is -0.395 e. The monoisotopic (exact) mass is 368 g/mol. The highest BCUT2D eigenvalue weighted by Gasteiger charge is 2.23. The predicted molar refractivity (Wildman–Crippen MR) is 109 cm³/mol. The van der Waals surface area contributed by atoms with Crippen molar-refractivity contribution >= 4 is 23.1 Å². The fraction of sp³-hybridized carbons (Fsp3) is 0.500. The lowest BCUT2D eigenvalue weighted by molar-refractivity contribution is 0.304. The Morgan fingerprint density at radius 1 is 1.22 bits per heavy atom. The molecule has 0 aromatic carbocycles. The van der Waals surface area contributed by atoms with Gasteiger partial charge < -0.3 is 25.5 Å². The van der Waals surface area contributed by atoms with E-state index in [1.54, 1.807) is 0 Å². The Balaban J connectivity index is 1.58. The molecule has 1 saturated carbocycles. The number of nitrogens with zero attached hydrogens (tertiary/aromatic N) is 4. The van der Waals surface area contributed by atoms with Crippen molar-refractivity contribution in [2.24, 2.45) is 0 Å². The summed E-state index contributed by atoms with van der Waals surface area (Å²) < 4.78 is 0. The van der Waals surface area contributed by atoms with E-state index in [1.807, 2.05) is 24.2 Å². The van der Waals surface area contributed by atoms with Gasteiger partial charge in [0, 0.05) is 63.8 Å². The second-order valence-corrected chi connectivity index (χ2v) is 7.33. The molecule has 0 bridgehead atoms. The quantitative estimate of drug-likeness (QED) is 0.689. The van der Waals surface area contributed by atoms with Crippen molar-refractivity contribution in [3.05, 3.63) is 36.0 Å². The molecule has 2 aromatic rings. The molecule has 2 aliphatic rings. The number of nitrogens with one attached hydrogen (secondary N) is 2. The number of anilines is 4. The third-order valence-corrected chi connectivity index (χ3v) is 5.20. The summed E-state index contributed by atoms with van der Waals surface area (Å²) in [5.41, 5.74) is 2.47. The largest absolute Gasteiger partial charge is 0.395 e. The van der Waals surface area contributed by atoms with Crippen LogP contribution in [0.2, 0.25) is 0 Å². The van der Waals surface area contributed by atoms with Crippen molar-refractivity contribution in [1.82, 2.24) is 15.3 Å². The van der Waals surface area contributed by atoms with Crippen molar-refractivity contribution < 1.29 is 5.11 Å². The lowest BCUT2D eigenvalue weighted by Crippen LogP contribution is -2.43. The number of hydrogen-bond donors (Lipinski definition) is 3. The molecule has 7 heteroatoms. The molecule has 1 aliphatic heterocycles. The zero-order valence-corrected chi connectivity index (χ0v) is 15.9. The van der Waals surface area contributed by atoms with Crippen LogP contribution >= 0.6 is 0 Å². The first-order chi connectivity index (χ1) is 13.2. The van der Waals surface area contributed by atoms with Crippen LogP contribution in [0.3, 0.4) is 0 Å². The summed E-state index contributed by atoms with van der Waals surface area (Å²) in [5.74, 6) is 3.13. The number of hydrogen-bond acceptors (Lipinski definition) is 7. The average Bonchev–Trinajstić information content (AvgIpc) is 3.55. The van der Waals surface area contributed by atoms with Gasteiger partial charge in [-0.25, -0.2) is 9.97 Å². The van der Waals surface area contributed by atoms with Crippen molar-refractivity contribution in [1.29, 1.82) is 0 Å². The van der Waals surface area contributed by atoms with E-state index in [0.717, 1.165) is 49.3 Å². The van der Waals surface area contributed by atoms with Gasteiger partial charge in [0.25, 0.3) is 0 Å². The number of aliphatic hydroxyl groups excluding tert-OH is 1. The third-order valence-electron chi connectivity index (χ3n) is 5.20. The topological polar surface area (TPSA) is 76.6 Å². The lowest BCUT2D eigenvalue weighted by atomic mass is 10.2. The highest BCUT2D eigenvalue weighted by molar-refractivity contribution is 5.65. The van der Waals surface area contributed by atoms with Crippen molar-refractivity contribution in [2.45, 2.75) is 18.8 Å². The number of pyridine rings is 2. The van der Waals surface area contributed by atoms with Gasteiger partial charge in [-0.1, -0.05) is 6.07 Å². The molecule has 3 heterocycles. The molecule has 2 fully saturated rings. The van der Waals surface area contributed by atoms with Gasteiger partial charge in [-0.2, -0.15) is 0 Å². The van der Waals surface area contributed by atoms with E-state index in [1.165, 1.54) is 18.4 Å². The standard InChI is InChI=1S/C20H28N6O/c1-25(10-11-27)20-13-17(26-8-6-21-7-9-26)12-19(24-20)23-18-5-4-16(14-22-18)15-2-3-15/h4-5,12-15,21,27H,2-3,6-11H2,1H3,(H,22,23,24). The number of likely N-dealkylation sites (N-methyl/N-ethyl adjacent to an activating group) is 1. The van der Waals surface area contributed by atoms with Gasteiger partial charge in [0.05, 0.1) is 6.61 Å². The van der Waals surface area contributed by atoms with Gasteiger partial charge in [0.1, 0.15) is 17.5 Å². The van der Waals surface area contributed by atoms with Crippen LogP contribution in [0.5, 0.6) is 0 Å². The molecule has 0 radical (unpaired) electrons. The number of aliphatic hydroxyl groups is 1. The van der Waals surface area contributed by atoms with E-state index in [0.29, 0.717) is 12.5 Å². The summed E-state index contributed by atoms with van der Waals surface area (Å²) in [7, 11) is 1.95. The highest BCUT2D eigenvalue weighted by atomic mass is 16.3. The maximum atomic E-state index is 9.28. The maximum absolute atomic E-state index is 9.28. The minimum atomic E-state index is 0.100. The second kappa shape index (κ2) is 8.10. The molecule has 144 valence electrons. The van der Waals surface area contributed by atoms with Crippen LogP contribution in [0, 0.1) is 0 Å². The Morgan fingerprint density at radius 2 is 2.04 bits per heavy atom. The number of aromatic nitrogens is 2. The van der Waals surface area contributed by atoms with Crippen molar-refractivity contribution in [3.8, 4) is 0 Å². The zero-order chi connectivity index (χ0) is 18.6. The van der Waals surface area contributed by atoms with Crippen LogP contribution in [0.4, 0.5) is 23.1 Å². The molecular weight excluding hydrogens is 340 g/mol. The Hall–Kier alpha value is -2.38. The zero-order valence-electron chi connectivity index (χ0n) is 15.9. The summed E-state index contributed by atoms with van der Waals surface area (Å²) in [6.45, 7) is 4.56. The van der Waals surface area contributed by atoms with Gasteiger partial charge in [0.2, 0.25) is 0 Å². The van der Waals surface area contributed by atoms with Gasteiger partial charge >= 0.3 is 0 Å². The van der Waals surface area contributed by atoms with E-state index in [4.69, 9.17) is 4.98 Å². The first-order valence-electron chi connectivity index (χ1n) is 9.75. The fourth-order valence-corrected chi connectivity index (χ4v) is 3.40. The minimum absolute atomic E-state index is 0.100. The Bertz CT molecular complexity index is 756. The molecule has 3 N–H and O–H groups in total. The van der Waals surface area contributed by atoms with Crippen LogP contribution in [0.1, 0.15) is 24.3 Å². The molecule has 0 unspecified atom stereocenters. The Labute approximate surface area is 160 Å². The second-order valence-electron chi connectivity index (χ2n) is 7.33. The van der Waals surface area contributed by atoms with E-state index < -0.39 is 0 Å². The van der Waals surface area contributed by atoms with Gasteiger partial charge in [0.15, 0.2) is 0 Å². The summed E-state index contributed by atoms with van der Waals surface area (Å²) in [4.78, 5) is 13.6. The molecule has 0 atom stereocenters. The highest BCUT2D eigenvalue weighted by Crippen LogP contribution is 2.39. The summed E-state index contributed by atoms with van der Waals surface area (Å²) in [5, 5.41) is 16.0. The van der Waals surface area contributed by atoms with E-state index in [2.05, 4.69) is 38.7 Å². The molecule has 27 heavy (non-hydrogen) atoms. The van der Waals surface area contributed by atoms with Crippen molar-refractivity contribution in [2.75, 3.05) is 61.5 Å². The van der Waals surface area contributed by atoms with E-state index in [9.17, 15) is 5.11 Å². The number of rotatable bonds is 7. The molecule has 0 spiro atoms. The van der Waals surface area contributed by atoms with Crippen LogP contribution in [0.15, 0.2) is 30.5 Å². The summed E-state index contributed by atoms with van der Waals surface area (Å²) in [6, 6.07) is 8.36. The normalized spacial score (nSPS) is 17.0. The molecular formula is C20H28N6O. The molecule has 1 aliphatic carbocycles. The molecule has 4 rings (SSSR count). The SMILES string of the molecule is CN(CCO)c1cc(N2CCNCC2)cc(Nc2ccc(C3CC3)cn2)n1. The van der Waals surface area contributed by atoms with Crippen LogP contribution in [-0.2, 0) is 0 Å². The average molecular weight is 368 g/mol. The van der Waals surface area contributed by atoms with E-state index in [-0.39, 0.29) is 6.61 Å². The Morgan fingerprint density at radius 3 is 2.70 bits per heavy atom. The number of piperazine rings is 1. The lowest BCUT2D eigenvalue weighted by Gasteiger charge is -2.30. The first-order valence-corrected chi connectivity index (χ1v) is 9.75. The van der Waals surface area contributed by atoms with Gasteiger partial charge in [-0.05, 0) is 30.4 Å². The van der Waals surface area contributed by atoms with Crippen LogP contribution in [0.25, 0.3) is 0 Å². The first kappa shape index (κ1) is 18.0. The predicted octanol–water partition coefficient (Wildman–Crippen LogP) is 1.94.